The minimum atomic E-state index is 0.211. The molecule has 32 heavy (non-hydrogen) atoms. The number of nitrogens with one attached hydrogen (secondary N) is 1. The van der Waals surface area contributed by atoms with E-state index in [0.717, 1.165) is 49.0 Å². The van der Waals surface area contributed by atoms with Gasteiger partial charge < -0.3 is 14.4 Å². The average molecular weight is 434 g/mol. The van der Waals surface area contributed by atoms with Crippen LogP contribution >= 0.6 is 0 Å². The van der Waals surface area contributed by atoms with Crippen molar-refractivity contribution in [3.05, 3.63) is 47.7 Å². The summed E-state index contributed by atoms with van der Waals surface area (Å²) in [5.74, 6) is 2.88. The minimum absolute atomic E-state index is 0.211. The maximum absolute atomic E-state index is 12.6. The van der Waals surface area contributed by atoms with Gasteiger partial charge in [-0.15, -0.1) is 0 Å². The van der Waals surface area contributed by atoms with Crippen LogP contribution in [0.25, 0.3) is 10.9 Å². The van der Waals surface area contributed by atoms with E-state index in [1.54, 1.807) is 0 Å². The van der Waals surface area contributed by atoms with Crippen molar-refractivity contribution in [1.82, 2.24) is 24.9 Å². The third kappa shape index (κ3) is 3.94. The minimum Gasteiger partial charge on any atom is -0.361 e. The number of amides is 1. The molecule has 1 N–H and O–H groups in total. The second-order valence-corrected chi connectivity index (χ2v) is 9.80. The van der Waals surface area contributed by atoms with Crippen LogP contribution in [0.4, 0.5) is 0 Å². The van der Waals surface area contributed by atoms with Crippen LogP contribution in [0.3, 0.4) is 0 Å². The number of rotatable bonds is 8. The molecule has 7 nitrogen and oxygen atoms in total. The molecule has 2 saturated heterocycles. The number of hydrogen-bond donors (Lipinski definition) is 1. The molecule has 1 aromatic carbocycles. The van der Waals surface area contributed by atoms with Crippen molar-refractivity contribution in [2.75, 3.05) is 26.2 Å². The molecular formula is C25H31N5O2. The van der Waals surface area contributed by atoms with E-state index in [9.17, 15) is 4.79 Å². The molecule has 3 aliphatic rings. The van der Waals surface area contributed by atoms with Gasteiger partial charge in [-0.3, -0.25) is 9.69 Å². The summed E-state index contributed by atoms with van der Waals surface area (Å²) in [6.45, 7) is 3.73. The summed E-state index contributed by atoms with van der Waals surface area (Å²) in [4.78, 5) is 25.1. The standard InChI is InChI=1S/C25H31N5O2/c31-23(9-3-5-18-13-26-21-7-2-1-6-20(18)21)30-15-19(16-30)24-27-25(32-28-24)22-8-4-12-29(22)14-17-10-11-17/h1-2,6-7,13,17,19,22,26H,3-5,8-12,14-16H2. The number of carbonyl (C=O) groups excluding carboxylic acids is 1. The normalized spacial score (nSPS) is 22.0. The molecule has 1 amide bonds. The van der Waals surface area contributed by atoms with E-state index in [0.29, 0.717) is 25.6 Å². The lowest BCUT2D eigenvalue weighted by Gasteiger charge is -2.37. The second kappa shape index (κ2) is 8.35. The van der Waals surface area contributed by atoms with Gasteiger partial charge in [0, 0.05) is 43.2 Å². The predicted molar refractivity (Wildman–Crippen MR) is 121 cm³/mol. The van der Waals surface area contributed by atoms with Crippen molar-refractivity contribution in [1.29, 1.82) is 0 Å². The highest BCUT2D eigenvalue weighted by atomic mass is 16.5. The third-order valence-corrected chi connectivity index (χ3v) is 7.41. The fourth-order valence-electron chi connectivity index (χ4n) is 5.28. The maximum Gasteiger partial charge on any atom is 0.244 e. The lowest BCUT2D eigenvalue weighted by Crippen LogP contribution is -2.48. The number of fused-ring (bicyclic) bond motifs is 1. The zero-order chi connectivity index (χ0) is 21.5. The molecular weight excluding hydrogens is 402 g/mol. The summed E-state index contributed by atoms with van der Waals surface area (Å²) in [6.07, 6.45) is 9.49. The van der Waals surface area contributed by atoms with E-state index in [-0.39, 0.29) is 11.8 Å². The Morgan fingerprint density at radius 1 is 1.19 bits per heavy atom. The van der Waals surface area contributed by atoms with Crippen LogP contribution in [-0.2, 0) is 11.2 Å². The van der Waals surface area contributed by atoms with Crippen LogP contribution in [-0.4, -0.2) is 57.0 Å². The van der Waals surface area contributed by atoms with Gasteiger partial charge in [-0.1, -0.05) is 23.4 Å². The van der Waals surface area contributed by atoms with Gasteiger partial charge in [0.15, 0.2) is 5.82 Å². The van der Waals surface area contributed by atoms with Crippen molar-refractivity contribution in [3.63, 3.8) is 0 Å². The van der Waals surface area contributed by atoms with E-state index >= 15 is 0 Å². The number of H-pyrrole nitrogens is 1. The number of aromatic nitrogens is 3. The molecule has 3 aromatic rings. The Hall–Kier alpha value is -2.67. The molecule has 3 fully saturated rings. The van der Waals surface area contributed by atoms with E-state index in [2.05, 4.69) is 39.4 Å². The Morgan fingerprint density at radius 2 is 2.06 bits per heavy atom. The molecule has 2 aliphatic heterocycles. The molecule has 0 bridgehead atoms. The number of benzene rings is 1. The van der Waals surface area contributed by atoms with Gasteiger partial charge in [0.05, 0.1) is 12.0 Å². The van der Waals surface area contributed by atoms with Gasteiger partial charge in [0.2, 0.25) is 11.8 Å². The van der Waals surface area contributed by atoms with Crippen molar-refractivity contribution in [2.45, 2.75) is 56.9 Å². The average Bonchev–Trinajstić information content (AvgIpc) is 3.14. The van der Waals surface area contributed by atoms with Crippen molar-refractivity contribution in [2.24, 2.45) is 5.92 Å². The number of aryl methyl sites for hydroxylation is 1. The van der Waals surface area contributed by atoms with Crippen molar-refractivity contribution >= 4 is 16.8 Å². The summed E-state index contributed by atoms with van der Waals surface area (Å²) < 4.78 is 5.67. The smallest absolute Gasteiger partial charge is 0.244 e. The first kappa shape index (κ1) is 20.0. The molecule has 168 valence electrons. The van der Waals surface area contributed by atoms with Crippen LogP contribution in [0.2, 0.25) is 0 Å². The maximum atomic E-state index is 12.6. The van der Waals surface area contributed by atoms with Crippen LogP contribution in [0.5, 0.6) is 0 Å². The van der Waals surface area contributed by atoms with Gasteiger partial charge in [-0.05, 0) is 62.6 Å². The molecule has 1 unspecified atom stereocenters. The van der Waals surface area contributed by atoms with Gasteiger partial charge in [-0.2, -0.15) is 4.98 Å². The molecule has 0 radical (unpaired) electrons. The summed E-state index contributed by atoms with van der Waals surface area (Å²) in [5.41, 5.74) is 2.45. The van der Waals surface area contributed by atoms with E-state index < -0.39 is 0 Å². The Labute approximate surface area is 188 Å². The zero-order valence-corrected chi connectivity index (χ0v) is 18.5. The topological polar surface area (TPSA) is 78.3 Å². The largest absolute Gasteiger partial charge is 0.361 e. The molecule has 1 saturated carbocycles. The molecule has 0 spiro atoms. The highest BCUT2D eigenvalue weighted by Crippen LogP contribution is 2.37. The predicted octanol–water partition coefficient (Wildman–Crippen LogP) is 4.05. The molecule has 1 atom stereocenters. The molecule has 2 aromatic heterocycles. The van der Waals surface area contributed by atoms with Crippen LogP contribution < -0.4 is 0 Å². The Bertz CT molecular complexity index is 1090. The lowest BCUT2D eigenvalue weighted by molar-refractivity contribution is -0.135. The zero-order valence-electron chi connectivity index (χ0n) is 18.5. The fraction of sp³-hybridized carbons (Fsp3) is 0.560. The molecule has 7 heteroatoms. The Morgan fingerprint density at radius 3 is 2.94 bits per heavy atom. The summed E-state index contributed by atoms with van der Waals surface area (Å²) in [7, 11) is 0. The molecule has 4 heterocycles. The SMILES string of the molecule is O=C(CCCc1c[nH]c2ccccc12)N1CC(c2noc(C3CCCN3CC3CC3)n2)C1. The first-order chi connectivity index (χ1) is 15.7. The van der Waals surface area contributed by atoms with E-state index in [1.165, 1.54) is 36.8 Å². The van der Waals surface area contributed by atoms with Gasteiger partial charge >= 0.3 is 0 Å². The number of likely N-dealkylation sites (tertiary alicyclic amines) is 2. The fourth-order valence-corrected chi connectivity index (χ4v) is 5.28. The van der Waals surface area contributed by atoms with Crippen LogP contribution in [0.1, 0.15) is 67.8 Å². The van der Waals surface area contributed by atoms with Crippen molar-refractivity contribution in [3.8, 4) is 0 Å². The quantitative estimate of drug-likeness (QED) is 0.580. The molecule has 1 aliphatic carbocycles. The van der Waals surface area contributed by atoms with Gasteiger partial charge in [-0.25, -0.2) is 0 Å². The van der Waals surface area contributed by atoms with Gasteiger partial charge in [0.25, 0.3) is 0 Å². The first-order valence-electron chi connectivity index (χ1n) is 12.1. The van der Waals surface area contributed by atoms with Crippen LogP contribution in [0, 0.1) is 5.92 Å². The monoisotopic (exact) mass is 433 g/mol. The van der Waals surface area contributed by atoms with E-state index in [1.807, 2.05) is 11.0 Å². The van der Waals surface area contributed by atoms with Crippen LogP contribution in [0.15, 0.2) is 35.0 Å². The molecule has 6 rings (SSSR count). The third-order valence-electron chi connectivity index (χ3n) is 7.41. The lowest BCUT2D eigenvalue weighted by atomic mass is 9.98. The highest BCUT2D eigenvalue weighted by molar-refractivity contribution is 5.83. The Kier molecular flexibility index (Phi) is 5.21. The van der Waals surface area contributed by atoms with E-state index in [4.69, 9.17) is 9.51 Å². The second-order valence-electron chi connectivity index (χ2n) is 9.80. The summed E-state index contributed by atoms with van der Waals surface area (Å²) in [6, 6.07) is 8.62. The summed E-state index contributed by atoms with van der Waals surface area (Å²) in [5, 5.41) is 5.54. The number of hydrogen-bond acceptors (Lipinski definition) is 5. The Balaban J connectivity index is 0.981. The van der Waals surface area contributed by atoms with Crippen molar-refractivity contribution < 1.29 is 9.32 Å². The van der Waals surface area contributed by atoms with Gasteiger partial charge in [0.1, 0.15) is 0 Å². The number of aromatic amines is 1. The first-order valence-corrected chi connectivity index (χ1v) is 12.1. The number of nitrogens with zero attached hydrogens (tertiary/aromatic N) is 4. The summed E-state index contributed by atoms with van der Waals surface area (Å²) >= 11 is 0. The number of carbonyl (C=O) groups is 1. The highest BCUT2D eigenvalue weighted by Gasteiger charge is 2.38. The number of para-hydroxylation sites is 1.